The van der Waals surface area contributed by atoms with Crippen LogP contribution < -0.4 is 14.5 Å². The lowest BCUT2D eigenvalue weighted by Crippen LogP contribution is -2.48. The first-order valence-corrected chi connectivity index (χ1v) is 17.4. The number of carbonyl (C=O) groups is 1. The number of carbonyl (C=O) groups excluding carboxylic acids is 1. The first kappa shape index (κ1) is 35.9. The molecule has 6 atom stereocenters. The van der Waals surface area contributed by atoms with Crippen molar-refractivity contribution >= 4 is 53.1 Å². The zero-order chi connectivity index (χ0) is 35.0. The molecule has 0 bridgehead atoms. The van der Waals surface area contributed by atoms with Crippen molar-refractivity contribution in [3.63, 3.8) is 0 Å². The lowest BCUT2D eigenvalue weighted by molar-refractivity contribution is -0.148. The lowest BCUT2D eigenvalue weighted by Gasteiger charge is -2.32. The van der Waals surface area contributed by atoms with Gasteiger partial charge in [-0.3, -0.25) is 13.9 Å². The van der Waals surface area contributed by atoms with Crippen molar-refractivity contribution in [2.75, 3.05) is 38.1 Å². The molecular weight excluding hydrogens is 666 g/mol. The Morgan fingerprint density at radius 3 is 2.62 bits per heavy atom. The fourth-order valence-corrected chi connectivity index (χ4v) is 7.06. The number of aliphatic hydroxyl groups is 1. The summed E-state index contributed by atoms with van der Waals surface area (Å²) in [6, 6.07) is 11.3. The van der Waals surface area contributed by atoms with Crippen molar-refractivity contribution in [2.45, 2.75) is 64.8 Å². The third-order valence-electron chi connectivity index (χ3n) is 7.71. The number of hydrogen-bond donors (Lipinski definition) is 2. The van der Waals surface area contributed by atoms with Crippen LogP contribution in [-0.2, 0) is 23.4 Å². The van der Waals surface area contributed by atoms with Gasteiger partial charge in [0.05, 0.1) is 25.4 Å². The Balaban J connectivity index is 1.44. The molecule has 0 aliphatic carbocycles. The van der Waals surface area contributed by atoms with Gasteiger partial charge in [0.1, 0.15) is 29.3 Å². The van der Waals surface area contributed by atoms with E-state index in [9.17, 15) is 14.5 Å². The number of ether oxygens (including phenoxy) is 2. The predicted octanol–water partition coefficient (Wildman–Crippen LogP) is 5.33. The van der Waals surface area contributed by atoms with Crippen molar-refractivity contribution < 1.29 is 37.4 Å². The van der Waals surface area contributed by atoms with Crippen molar-refractivity contribution in [3.8, 4) is 5.75 Å². The SMILES string of the molecule is Cc1nc(N(C)C)c2ncn([C@@H]3O[C@](CCl)(COP(=O)(N[C@H](C)C(=O)OCC(C)(C)C)Oc4cccc5ccccc45)[C@@H](O)[C@H]3F)c2n1. The van der Waals surface area contributed by atoms with Crippen LogP contribution in [0.5, 0.6) is 5.75 Å². The number of aromatic nitrogens is 4. The van der Waals surface area contributed by atoms with E-state index in [0.29, 0.717) is 22.5 Å². The molecule has 1 saturated heterocycles. The molecule has 13 nitrogen and oxygen atoms in total. The lowest BCUT2D eigenvalue weighted by atomic mass is 9.99. The van der Waals surface area contributed by atoms with E-state index in [-0.39, 0.29) is 23.4 Å². The van der Waals surface area contributed by atoms with Gasteiger partial charge in [-0.2, -0.15) is 5.09 Å². The second kappa shape index (κ2) is 13.9. The maximum Gasteiger partial charge on any atom is 0.459 e. The number of anilines is 1. The summed E-state index contributed by atoms with van der Waals surface area (Å²) in [6.45, 7) is 8.29. The van der Waals surface area contributed by atoms with Gasteiger partial charge in [0.25, 0.3) is 0 Å². The third kappa shape index (κ3) is 7.44. The molecule has 16 heteroatoms. The summed E-state index contributed by atoms with van der Waals surface area (Å²) in [4.78, 5) is 27.9. The topological polar surface area (TPSA) is 150 Å². The summed E-state index contributed by atoms with van der Waals surface area (Å²) >= 11 is 6.36. The molecule has 260 valence electrons. The number of hydrogen-bond acceptors (Lipinski definition) is 11. The summed E-state index contributed by atoms with van der Waals surface area (Å²) in [7, 11) is -0.899. The van der Waals surface area contributed by atoms with Gasteiger partial charge in [-0.05, 0) is 30.7 Å². The second-order valence-corrected chi connectivity index (χ2v) is 15.2. The van der Waals surface area contributed by atoms with Crippen LogP contribution in [0.4, 0.5) is 10.2 Å². The Bertz CT molecular complexity index is 1830. The summed E-state index contributed by atoms with van der Waals surface area (Å²) in [5, 5.41) is 15.3. The quantitative estimate of drug-likeness (QED) is 0.111. The zero-order valence-corrected chi connectivity index (χ0v) is 29.5. The number of rotatable bonds is 12. The van der Waals surface area contributed by atoms with Gasteiger partial charge in [-0.15, -0.1) is 11.6 Å². The first-order chi connectivity index (χ1) is 22.6. The number of halogens is 2. The molecule has 4 aromatic rings. The highest BCUT2D eigenvalue weighted by molar-refractivity contribution is 7.52. The van der Waals surface area contributed by atoms with Crippen LogP contribution in [0.1, 0.15) is 39.7 Å². The summed E-state index contributed by atoms with van der Waals surface area (Å²) < 4.78 is 55.3. The van der Waals surface area contributed by atoms with Crippen LogP contribution in [-0.4, -0.2) is 87.7 Å². The monoisotopic (exact) mass is 706 g/mol. The van der Waals surface area contributed by atoms with E-state index in [1.54, 1.807) is 50.2 Å². The Kier molecular flexibility index (Phi) is 10.4. The van der Waals surface area contributed by atoms with Crippen molar-refractivity contribution in [3.05, 3.63) is 54.6 Å². The van der Waals surface area contributed by atoms with E-state index < -0.39 is 56.3 Å². The van der Waals surface area contributed by atoms with E-state index >= 15 is 4.39 Å². The highest BCUT2D eigenvalue weighted by Crippen LogP contribution is 2.50. The van der Waals surface area contributed by atoms with Gasteiger partial charge < -0.3 is 24.0 Å². The molecule has 2 aromatic heterocycles. The molecule has 1 aliphatic heterocycles. The normalized spacial score (nSPS) is 23.2. The minimum absolute atomic E-state index is 0.116. The van der Waals surface area contributed by atoms with Crippen LogP contribution in [0.25, 0.3) is 21.9 Å². The first-order valence-electron chi connectivity index (χ1n) is 15.4. The van der Waals surface area contributed by atoms with E-state index in [0.717, 1.165) is 5.39 Å². The minimum atomic E-state index is -4.49. The van der Waals surface area contributed by atoms with Crippen LogP contribution in [0.3, 0.4) is 0 Å². The van der Waals surface area contributed by atoms with E-state index in [1.807, 2.05) is 39.0 Å². The smallest absolute Gasteiger partial charge is 0.459 e. The Morgan fingerprint density at radius 1 is 1.23 bits per heavy atom. The molecule has 0 amide bonds. The number of benzene rings is 2. The highest BCUT2D eigenvalue weighted by atomic mass is 35.5. The van der Waals surface area contributed by atoms with Crippen molar-refractivity contribution in [1.29, 1.82) is 0 Å². The third-order valence-corrected chi connectivity index (χ3v) is 9.77. The Labute approximate surface area is 283 Å². The molecular formula is C32H41ClFN6O7P. The number of fused-ring (bicyclic) bond motifs is 2. The average molecular weight is 707 g/mol. The summed E-state index contributed by atoms with van der Waals surface area (Å²) in [5.74, 6) is -0.00681. The average Bonchev–Trinajstić information content (AvgIpc) is 3.56. The maximum absolute atomic E-state index is 16.0. The van der Waals surface area contributed by atoms with E-state index in [2.05, 4.69) is 20.0 Å². The fraction of sp³-hybridized carbons (Fsp3) is 0.500. The molecule has 1 unspecified atom stereocenters. The van der Waals surface area contributed by atoms with E-state index in [1.165, 1.54) is 17.8 Å². The van der Waals surface area contributed by atoms with Gasteiger partial charge in [0, 0.05) is 19.5 Å². The standard InChI is InChI=1S/C32H41ClFN6O7P/c1-19(30(42)44-16-31(3,4)5)38-48(43,47-23-14-10-12-21-11-8-9-13-22(21)23)45-17-32(15-33)26(41)24(34)29(46-32)40-18-35-25-27(39(6)7)36-20(2)37-28(25)40/h8-14,18-19,24,26,29,41H,15-17H2,1-7H3,(H,38,43)/t19-,24-,26+,29-,32-,48?/m1/s1. The Hall–Kier alpha value is -3.39. The molecule has 3 heterocycles. The molecule has 2 aromatic carbocycles. The van der Waals surface area contributed by atoms with Gasteiger partial charge >= 0.3 is 13.7 Å². The second-order valence-electron chi connectivity index (χ2n) is 13.3. The summed E-state index contributed by atoms with van der Waals surface area (Å²) in [5.41, 5.74) is -1.52. The van der Waals surface area contributed by atoms with Gasteiger partial charge in [-0.25, -0.2) is 23.9 Å². The molecule has 0 saturated carbocycles. The van der Waals surface area contributed by atoms with Crippen LogP contribution in [0.2, 0.25) is 0 Å². The van der Waals surface area contributed by atoms with Crippen LogP contribution in [0, 0.1) is 12.3 Å². The molecule has 5 rings (SSSR count). The number of imidazole rings is 1. The van der Waals surface area contributed by atoms with Gasteiger partial charge in [-0.1, -0.05) is 57.2 Å². The number of nitrogens with one attached hydrogen (secondary N) is 1. The molecule has 1 aliphatic rings. The minimum Gasteiger partial charge on any atom is -0.464 e. The van der Waals surface area contributed by atoms with E-state index in [4.69, 9.17) is 30.1 Å². The van der Waals surface area contributed by atoms with Crippen LogP contribution in [0.15, 0.2) is 48.8 Å². The van der Waals surface area contributed by atoms with Gasteiger partial charge in [0.2, 0.25) is 0 Å². The molecule has 2 N–H and O–H groups in total. The number of aryl methyl sites for hydroxylation is 1. The largest absolute Gasteiger partial charge is 0.464 e. The predicted molar refractivity (Wildman–Crippen MR) is 180 cm³/mol. The number of aliphatic hydroxyl groups excluding tert-OH is 1. The highest BCUT2D eigenvalue weighted by Gasteiger charge is 2.57. The zero-order valence-electron chi connectivity index (χ0n) is 27.9. The molecule has 48 heavy (non-hydrogen) atoms. The summed E-state index contributed by atoms with van der Waals surface area (Å²) in [6.07, 6.45) is -3.91. The van der Waals surface area contributed by atoms with Crippen LogP contribution >= 0.6 is 19.3 Å². The Morgan fingerprint density at radius 2 is 1.94 bits per heavy atom. The number of esters is 1. The fourth-order valence-electron chi connectivity index (χ4n) is 5.20. The molecule has 0 spiro atoms. The van der Waals surface area contributed by atoms with Gasteiger partial charge in [0.15, 0.2) is 29.4 Å². The molecule has 1 fully saturated rings. The number of nitrogens with zero attached hydrogens (tertiary/aromatic N) is 5. The molecule has 0 radical (unpaired) electrons. The van der Waals surface area contributed by atoms with Crippen molar-refractivity contribution in [1.82, 2.24) is 24.6 Å². The number of alkyl halides is 2. The maximum atomic E-state index is 16.0. The van der Waals surface area contributed by atoms with Crippen molar-refractivity contribution in [2.24, 2.45) is 5.41 Å².